The fraction of sp³-hybridized carbons (Fsp3) is 0.800. The van der Waals surface area contributed by atoms with Crippen molar-refractivity contribution in [3.05, 3.63) is 12.2 Å². The molecule has 0 radical (unpaired) electrons. The summed E-state index contributed by atoms with van der Waals surface area (Å²) in [4.78, 5) is 23.0. The third kappa shape index (κ3) is 12.1. The predicted molar refractivity (Wildman–Crippen MR) is 97.7 cm³/mol. The summed E-state index contributed by atoms with van der Waals surface area (Å²) >= 11 is 0. The number of carbonyl (C=O) groups excluding carboxylic acids is 2. The Kier molecular flexibility index (Phi) is 14.4. The summed E-state index contributed by atoms with van der Waals surface area (Å²) in [6.45, 7) is 9.53. The van der Waals surface area contributed by atoms with Crippen LogP contribution in [0.4, 0.5) is 0 Å². The molecule has 0 heterocycles. The van der Waals surface area contributed by atoms with Gasteiger partial charge in [0.05, 0.1) is 13.2 Å². The lowest BCUT2D eigenvalue weighted by Crippen LogP contribution is -2.08. The fourth-order valence-electron chi connectivity index (χ4n) is 2.72. The smallest absolute Gasteiger partial charge is 0.331 e. The fourth-order valence-corrected chi connectivity index (χ4v) is 2.72. The molecule has 0 aliphatic rings. The molecule has 0 aromatic rings. The molecule has 0 amide bonds. The minimum absolute atomic E-state index is 0.407. The van der Waals surface area contributed by atoms with Gasteiger partial charge in [0.15, 0.2) is 0 Å². The molecule has 0 bridgehead atoms. The van der Waals surface area contributed by atoms with Crippen LogP contribution in [0.2, 0.25) is 0 Å². The second kappa shape index (κ2) is 15.2. The van der Waals surface area contributed by atoms with Crippen LogP contribution in [-0.2, 0) is 19.1 Å². The number of rotatable bonds is 14. The second-order valence-electron chi connectivity index (χ2n) is 6.32. The van der Waals surface area contributed by atoms with Gasteiger partial charge in [0.1, 0.15) is 0 Å². The van der Waals surface area contributed by atoms with E-state index in [-0.39, 0.29) is 0 Å². The van der Waals surface area contributed by atoms with Crippen molar-refractivity contribution in [1.29, 1.82) is 0 Å². The first kappa shape index (κ1) is 22.7. The zero-order valence-corrected chi connectivity index (χ0v) is 16.0. The molecule has 0 aliphatic heterocycles. The van der Waals surface area contributed by atoms with Crippen LogP contribution in [0.3, 0.4) is 0 Å². The van der Waals surface area contributed by atoms with Gasteiger partial charge in [0, 0.05) is 12.2 Å². The van der Waals surface area contributed by atoms with Crippen molar-refractivity contribution in [2.45, 2.75) is 79.1 Å². The lowest BCUT2D eigenvalue weighted by Gasteiger charge is -2.11. The van der Waals surface area contributed by atoms with Gasteiger partial charge in [-0.1, -0.05) is 53.4 Å². The number of hydrogen-bond acceptors (Lipinski definition) is 4. The molecular weight excluding hydrogens is 304 g/mol. The van der Waals surface area contributed by atoms with Crippen molar-refractivity contribution in [3.8, 4) is 0 Å². The molecule has 0 saturated heterocycles. The van der Waals surface area contributed by atoms with E-state index in [1.54, 1.807) is 0 Å². The van der Waals surface area contributed by atoms with Crippen molar-refractivity contribution >= 4 is 11.9 Å². The maximum Gasteiger partial charge on any atom is 0.331 e. The van der Waals surface area contributed by atoms with Gasteiger partial charge in [-0.3, -0.25) is 0 Å². The van der Waals surface area contributed by atoms with Gasteiger partial charge >= 0.3 is 11.9 Å². The standard InChI is InChI=1S/C20H36O4/c1-5-17(6-2)11-9-15-23-19(21)13-14-20(22)24-16-10-12-18(7-3)8-4/h13-14,17-18H,5-12,15-16H2,1-4H3. The van der Waals surface area contributed by atoms with Gasteiger partial charge in [-0.15, -0.1) is 0 Å². The summed E-state index contributed by atoms with van der Waals surface area (Å²) in [6.07, 6.45) is 10.8. The molecule has 0 N–H and O–H groups in total. The second-order valence-corrected chi connectivity index (χ2v) is 6.32. The highest BCUT2D eigenvalue weighted by Crippen LogP contribution is 2.15. The summed E-state index contributed by atoms with van der Waals surface area (Å²) in [5.41, 5.74) is 0. The first-order valence-corrected chi connectivity index (χ1v) is 9.58. The minimum atomic E-state index is -0.478. The van der Waals surface area contributed by atoms with Gasteiger partial charge in [-0.05, 0) is 37.5 Å². The van der Waals surface area contributed by atoms with Crippen molar-refractivity contribution in [2.24, 2.45) is 11.8 Å². The third-order valence-electron chi connectivity index (χ3n) is 4.67. The van der Waals surface area contributed by atoms with Crippen LogP contribution in [0.25, 0.3) is 0 Å². The Morgan fingerprint density at radius 1 is 0.708 bits per heavy atom. The Balaban J connectivity index is 3.75. The molecule has 0 unspecified atom stereocenters. The molecule has 0 aliphatic carbocycles. The molecule has 0 saturated carbocycles. The number of esters is 2. The van der Waals surface area contributed by atoms with E-state index in [1.165, 1.54) is 0 Å². The summed E-state index contributed by atoms with van der Waals surface area (Å²) in [7, 11) is 0. The van der Waals surface area contributed by atoms with E-state index in [1.807, 2.05) is 0 Å². The van der Waals surface area contributed by atoms with E-state index in [0.29, 0.717) is 25.0 Å². The first-order valence-electron chi connectivity index (χ1n) is 9.58. The number of ether oxygens (including phenoxy) is 2. The first-order chi connectivity index (χ1) is 11.6. The Bertz CT molecular complexity index is 321. The lowest BCUT2D eigenvalue weighted by molar-refractivity contribution is -0.140. The Morgan fingerprint density at radius 2 is 1.04 bits per heavy atom. The van der Waals surface area contributed by atoms with Gasteiger partial charge in [-0.2, -0.15) is 0 Å². The van der Waals surface area contributed by atoms with Crippen LogP contribution in [-0.4, -0.2) is 25.2 Å². The normalized spacial score (nSPS) is 11.4. The van der Waals surface area contributed by atoms with E-state index in [9.17, 15) is 9.59 Å². The molecule has 0 rings (SSSR count). The molecule has 0 aromatic carbocycles. The summed E-state index contributed by atoms with van der Waals surface area (Å²) in [5, 5.41) is 0. The van der Waals surface area contributed by atoms with Crippen molar-refractivity contribution in [3.63, 3.8) is 0 Å². The molecule has 0 atom stereocenters. The monoisotopic (exact) mass is 340 g/mol. The highest BCUT2D eigenvalue weighted by Gasteiger charge is 2.06. The highest BCUT2D eigenvalue weighted by atomic mass is 16.5. The van der Waals surface area contributed by atoms with Crippen LogP contribution in [0.15, 0.2) is 12.2 Å². The van der Waals surface area contributed by atoms with E-state index >= 15 is 0 Å². The van der Waals surface area contributed by atoms with Gasteiger partial charge in [-0.25, -0.2) is 9.59 Å². The van der Waals surface area contributed by atoms with Crippen LogP contribution >= 0.6 is 0 Å². The Hall–Kier alpha value is -1.32. The Labute approximate surface area is 148 Å². The highest BCUT2D eigenvalue weighted by molar-refractivity contribution is 5.91. The molecule has 0 spiro atoms. The maximum atomic E-state index is 11.5. The zero-order chi connectivity index (χ0) is 18.2. The predicted octanol–water partition coefficient (Wildman–Crippen LogP) is 5.06. The maximum absolute atomic E-state index is 11.5. The van der Waals surface area contributed by atoms with Gasteiger partial charge in [0.25, 0.3) is 0 Å². The van der Waals surface area contributed by atoms with Gasteiger partial charge < -0.3 is 9.47 Å². The molecule has 140 valence electrons. The summed E-state index contributed by atoms with van der Waals surface area (Å²) in [6, 6.07) is 0. The van der Waals surface area contributed by atoms with E-state index < -0.39 is 11.9 Å². The quantitative estimate of drug-likeness (QED) is 0.252. The van der Waals surface area contributed by atoms with E-state index in [4.69, 9.17) is 9.47 Å². The average molecular weight is 341 g/mol. The Morgan fingerprint density at radius 3 is 1.33 bits per heavy atom. The molecular formula is C20H36O4. The largest absolute Gasteiger partial charge is 0.463 e. The number of carbonyl (C=O) groups is 2. The van der Waals surface area contributed by atoms with Crippen LogP contribution in [0.5, 0.6) is 0 Å². The third-order valence-corrected chi connectivity index (χ3v) is 4.67. The van der Waals surface area contributed by atoms with Crippen LogP contribution in [0, 0.1) is 11.8 Å². The lowest BCUT2D eigenvalue weighted by atomic mass is 9.98. The van der Waals surface area contributed by atoms with Crippen molar-refractivity contribution < 1.29 is 19.1 Å². The molecule has 24 heavy (non-hydrogen) atoms. The SMILES string of the molecule is CCC(CC)CCCOC(=O)C=CC(=O)OCCCC(CC)CC. The summed E-state index contributed by atoms with van der Waals surface area (Å²) in [5.74, 6) is 0.450. The minimum Gasteiger partial charge on any atom is -0.463 e. The van der Waals surface area contributed by atoms with Crippen molar-refractivity contribution in [2.75, 3.05) is 13.2 Å². The topological polar surface area (TPSA) is 52.6 Å². The molecule has 0 fully saturated rings. The molecule has 4 heteroatoms. The van der Waals surface area contributed by atoms with E-state index in [0.717, 1.165) is 63.5 Å². The van der Waals surface area contributed by atoms with Crippen molar-refractivity contribution in [1.82, 2.24) is 0 Å². The van der Waals surface area contributed by atoms with Gasteiger partial charge in [0.2, 0.25) is 0 Å². The average Bonchev–Trinajstić information content (AvgIpc) is 2.60. The zero-order valence-electron chi connectivity index (χ0n) is 16.0. The summed E-state index contributed by atoms with van der Waals surface area (Å²) < 4.78 is 10.2. The number of hydrogen-bond donors (Lipinski definition) is 0. The van der Waals surface area contributed by atoms with Crippen LogP contribution < -0.4 is 0 Å². The van der Waals surface area contributed by atoms with E-state index in [2.05, 4.69) is 27.7 Å². The molecule has 4 nitrogen and oxygen atoms in total. The van der Waals surface area contributed by atoms with Crippen LogP contribution in [0.1, 0.15) is 79.1 Å². The molecule has 0 aromatic heterocycles.